The number of aliphatic hydroxyl groups excluding tert-OH is 7. The summed E-state index contributed by atoms with van der Waals surface area (Å²) in [6.45, 7) is -2.75. The maximum absolute atomic E-state index is 11.6. The quantitative estimate of drug-likeness (QED) is 0.223. The fraction of sp³-hybridized carbons (Fsp3) is 0.833. The molecule has 0 aromatic carbocycles. The predicted molar refractivity (Wildman–Crippen MR) is 68.8 cm³/mol. The van der Waals surface area contributed by atoms with Crippen LogP contribution >= 0.6 is 0 Å². The minimum Gasteiger partial charge on any atom is -0.394 e. The van der Waals surface area contributed by atoms with Gasteiger partial charge in [0.25, 0.3) is 0 Å². The number of rotatable bonds is 8. The van der Waals surface area contributed by atoms with Gasteiger partial charge in [-0.25, -0.2) is 0 Å². The maximum atomic E-state index is 11.6. The third-order valence-electron chi connectivity index (χ3n) is 3.36. The molecule has 1 heterocycles. The molecule has 1 aliphatic rings. The third-order valence-corrected chi connectivity index (χ3v) is 3.36. The van der Waals surface area contributed by atoms with Crippen molar-refractivity contribution in [3.05, 3.63) is 0 Å². The van der Waals surface area contributed by atoms with Gasteiger partial charge in [0.15, 0.2) is 24.0 Å². The van der Waals surface area contributed by atoms with Crippen LogP contribution in [0.1, 0.15) is 0 Å². The highest BCUT2D eigenvalue weighted by molar-refractivity contribution is 5.88. The van der Waals surface area contributed by atoms with Crippen LogP contribution in [0.4, 0.5) is 0 Å². The average molecular weight is 340 g/mol. The number of carbonyl (C=O) groups is 2. The molecule has 0 aromatic heterocycles. The van der Waals surface area contributed by atoms with Crippen LogP contribution in [0.3, 0.4) is 0 Å². The molecular weight excluding hydrogens is 320 g/mol. The van der Waals surface area contributed by atoms with E-state index >= 15 is 0 Å². The van der Waals surface area contributed by atoms with Crippen molar-refractivity contribution in [2.24, 2.45) is 0 Å². The summed E-state index contributed by atoms with van der Waals surface area (Å²) >= 11 is 0. The zero-order chi connectivity index (χ0) is 17.7. The molecule has 134 valence electrons. The molecule has 1 saturated heterocycles. The van der Waals surface area contributed by atoms with Crippen LogP contribution in [-0.2, 0) is 19.1 Å². The lowest BCUT2D eigenvalue weighted by molar-refractivity contribution is -0.282. The van der Waals surface area contributed by atoms with E-state index in [0.29, 0.717) is 0 Å². The minimum absolute atomic E-state index is 0.766. The molecule has 23 heavy (non-hydrogen) atoms. The van der Waals surface area contributed by atoms with E-state index in [1.165, 1.54) is 0 Å². The van der Waals surface area contributed by atoms with Gasteiger partial charge in [0.2, 0.25) is 0 Å². The second kappa shape index (κ2) is 8.73. The smallest absolute Gasteiger partial charge is 0.197 e. The Morgan fingerprint density at radius 2 is 1.78 bits per heavy atom. The topological polar surface area (TPSA) is 194 Å². The number of aliphatic hydroxyl groups is 7. The lowest BCUT2D eigenvalue weighted by atomic mass is 10.0. The van der Waals surface area contributed by atoms with Crippen molar-refractivity contribution >= 4 is 11.6 Å². The summed E-state index contributed by atoms with van der Waals surface area (Å²) in [7, 11) is 0. The molecule has 0 saturated carbocycles. The number of ketones is 2. The lowest BCUT2D eigenvalue weighted by Crippen LogP contribution is -2.59. The molecular formula is C12H20O11. The van der Waals surface area contributed by atoms with Gasteiger partial charge in [-0.15, -0.1) is 0 Å². The van der Waals surface area contributed by atoms with Gasteiger partial charge in [0.1, 0.15) is 37.1 Å². The highest BCUT2D eigenvalue weighted by atomic mass is 16.7. The summed E-state index contributed by atoms with van der Waals surface area (Å²) < 4.78 is 9.92. The molecule has 0 bridgehead atoms. The Balaban J connectivity index is 2.81. The largest absolute Gasteiger partial charge is 0.394 e. The monoisotopic (exact) mass is 340 g/mol. The number of ether oxygens (including phenoxy) is 2. The lowest BCUT2D eigenvalue weighted by Gasteiger charge is -2.37. The zero-order valence-electron chi connectivity index (χ0n) is 11.9. The third kappa shape index (κ3) is 4.50. The van der Waals surface area contributed by atoms with E-state index in [-0.39, 0.29) is 0 Å². The Hall–Kier alpha value is -1.02. The molecule has 0 aromatic rings. The SMILES string of the molecule is O=C(CO)[C@@H](O)[C@H](O)[C@@H](CO)O[C@H]1O[C@H](CO)[C@@H](O)C(=O)[C@H]1O. The fourth-order valence-electron chi connectivity index (χ4n) is 1.95. The highest BCUT2D eigenvalue weighted by Crippen LogP contribution is 2.21. The first kappa shape index (κ1) is 20.0. The van der Waals surface area contributed by atoms with Gasteiger partial charge in [-0.1, -0.05) is 0 Å². The van der Waals surface area contributed by atoms with E-state index in [2.05, 4.69) is 0 Å². The molecule has 0 spiro atoms. The predicted octanol–water partition coefficient (Wildman–Crippen LogP) is -5.34. The summed E-state index contributed by atoms with van der Waals surface area (Å²) in [6, 6.07) is 0. The van der Waals surface area contributed by atoms with Crippen LogP contribution in [0.2, 0.25) is 0 Å². The molecule has 0 amide bonds. The van der Waals surface area contributed by atoms with Crippen LogP contribution < -0.4 is 0 Å². The van der Waals surface area contributed by atoms with Crippen molar-refractivity contribution in [2.45, 2.75) is 42.9 Å². The van der Waals surface area contributed by atoms with Crippen LogP contribution in [0.15, 0.2) is 0 Å². The second-order valence-corrected chi connectivity index (χ2v) is 4.93. The van der Waals surface area contributed by atoms with Crippen molar-refractivity contribution in [3.63, 3.8) is 0 Å². The van der Waals surface area contributed by atoms with Gasteiger partial charge < -0.3 is 45.2 Å². The van der Waals surface area contributed by atoms with Crippen LogP contribution in [-0.4, -0.2) is 110 Å². The first-order valence-corrected chi connectivity index (χ1v) is 6.70. The molecule has 1 rings (SSSR count). The van der Waals surface area contributed by atoms with Gasteiger partial charge in [-0.05, 0) is 0 Å². The zero-order valence-corrected chi connectivity index (χ0v) is 11.9. The maximum Gasteiger partial charge on any atom is 0.197 e. The number of hydrogen-bond acceptors (Lipinski definition) is 11. The van der Waals surface area contributed by atoms with E-state index in [0.717, 1.165) is 0 Å². The van der Waals surface area contributed by atoms with Crippen LogP contribution in [0.5, 0.6) is 0 Å². The molecule has 1 fully saturated rings. The standard InChI is InChI=1S/C12H20O11/c13-1-4(16)7(17)8(18)5(2-14)22-12-11(21)10(20)9(19)6(3-15)23-12/h5-9,11-15,17-19,21H,1-3H2/t5-,6-,7-,8-,9-,11-,12+/m1/s1. The fourth-order valence-corrected chi connectivity index (χ4v) is 1.95. The highest BCUT2D eigenvalue weighted by Gasteiger charge is 2.45. The molecule has 7 atom stereocenters. The van der Waals surface area contributed by atoms with Crippen molar-refractivity contribution < 1.29 is 54.8 Å². The van der Waals surface area contributed by atoms with Crippen molar-refractivity contribution in [2.75, 3.05) is 19.8 Å². The van der Waals surface area contributed by atoms with E-state index in [9.17, 15) is 30.0 Å². The first-order chi connectivity index (χ1) is 10.8. The Morgan fingerprint density at radius 1 is 1.17 bits per heavy atom. The summed E-state index contributed by atoms with van der Waals surface area (Å²) in [6.07, 6.45) is -12.6. The van der Waals surface area contributed by atoms with Crippen molar-refractivity contribution in [3.8, 4) is 0 Å². The van der Waals surface area contributed by atoms with E-state index in [1.54, 1.807) is 0 Å². The van der Waals surface area contributed by atoms with Gasteiger partial charge >= 0.3 is 0 Å². The summed E-state index contributed by atoms with van der Waals surface area (Å²) in [5, 5.41) is 65.1. The Morgan fingerprint density at radius 3 is 2.26 bits per heavy atom. The van der Waals surface area contributed by atoms with E-state index < -0.39 is 74.3 Å². The van der Waals surface area contributed by atoms with Crippen LogP contribution in [0.25, 0.3) is 0 Å². The minimum atomic E-state index is -2.08. The molecule has 11 nitrogen and oxygen atoms in total. The summed E-state index contributed by atoms with van der Waals surface area (Å²) in [5.41, 5.74) is 0. The van der Waals surface area contributed by atoms with E-state index in [1.807, 2.05) is 0 Å². The van der Waals surface area contributed by atoms with Crippen molar-refractivity contribution in [1.29, 1.82) is 0 Å². The molecule has 0 radical (unpaired) electrons. The first-order valence-electron chi connectivity index (χ1n) is 6.70. The van der Waals surface area contributed by atoms with Gasteiger partial charge in [0, 0.05) is 0 Å². The normalized spacial score (nSPS) is 32.4. The van der Waals surface area contributed by atoms with Crippen molar-refractivity contribution in [1.82, 2.24) is 0 Å². The van der Waals surface area contributed by atoms with Gasteiger partial charge in [0.05, 0.1) is 13.2 Å². The Kier molecular flexibility index (Phi) is 7.60. The summed E-state index contributed by atoms with van der Waals surface area (Å²) in [4.78, 5) is 22.7. The van der Waals surface area contributed by atoms with Gasteiger partial charge in [-0.2, -0.15) is 0 Å². The number of hydrogen-bond donors (Lipinski definition) is 7. The average Bonchev–Trinajstić information content (AvgIpc) is 2.57. The number of Topliss-reactive ketones (excluding diaryl/α,β-unsaturated/α-hetero) is 2. The Bertz CT molecular complexity index is 414. The second-order valence-electron chi connectivity index (χ2n) is 4.93. The Labute approximate surface area is 130 Å². The molecule has 0 unspecified atom stereocenters. The van der Waals surface area contributed by atoms with E-state index in [4.69, 9.17) is 24.8 Å². The number of carbonyl (C=O) groups excluding carboxylic acids is 2. The molecule has 0 aliphatic carbocycles. The molecule has 7 N–H and O–H groups in total. The van der Waals surface area contributed by atoms with Crippen LogP contribution in [0, 0.1) is 0 Å². The summed E-state index contributed by atoms with van der Waals surface area (Å²) in [5.74, 6) is -2.23. The van der Waals surface area contributed by atoms with Gasteiger partial charge in [-0.3, -0.25) is 9.59 Å². The molecule has 1 aliphatic heterocycles. The molecule has 11 heteroatoms.